The van der Waals surface area contributed by atoms with E-state index in [0.717, 1.165) is 15.6 Å². The fourth-order valence-electron chi connectivity index (χ4n) is 0.723. The van der Waals surface area contributed by atoms with Gasteiger partial charge in [0.05, 0.1) is 11.6 Å². The van der Waals surface area contributed by atoms with E-state index < -0.39 is 0 Å². The van der Waals surface area contributed by atoms with Crippen LogP contribution >= 0.6 is 43.5 Å². The van der Waals surface area contributed by atoms with Crippen LogP contribution in [0.25, 0.3) is 0 Å². The van der Waals surface area contributed by atoms with E-state index in [-0.39, 0.29) is 0 Å². The molecule has 0 saturated heterocycles. The summed E-state index contributed by atoms with van der Waals surface area (Å²) in [7, 11) is 0. The Morgan fingerprint density at radius 1 is 1.42 bits per heavy atom. The first-order valence-corrected chi connectivity index (χ1v) is 5.67. The summed E-state index contributed by atoms with van der Waals surface area (Å²) in [6.45, 7) is 0.651. The lowest BCUT2D eigenvalue weighted by Crippen LogP contribution is -1.97. The summed E-state index contributed by atoms with van der Waals surface area (Å²) in [5, 5.41) is 1.49. The standard InChI is InChI=1S/C8H7Br2ClO/c9-3-4-12-6-1-2-7(10)8(11)5-6/h1-2,5H,3-4H2. The molecule has 66 valence electrons. The lowest BCUT2D eigenvalue weighted by atomic mass is 10.3. The molecular formula is C8H7Br2ClO. The van der Waals surface area contributed by atoms with Crippen LogP contribution in [0.1, 0.15) is 0 Å². The SMILES string of the molecule is Clc1cc(OCCBr)ccc1Br. The Bertz CT molecular complexity index is 265. The number of hydrogen-bond acceptors (Lipinski definition) is 1. The summed E-state index contributed by atoms with van der Waals surface area (Å²) in [6, 6.07) is 5.53. The van der Waals surface area contributed by atoms with Crippen LogP contribution in [-0.4, -0.2) is 11.9 Å². The molecule has 1 aromatic carbocycles. The maximum atomic E-state index is 5.85. The maximum absolute atomic E-state index is 5.85. The Labute approximate surface area is 93.3 Å². The van der Waals surface area contributed by atoms with Crippen molar-refractivity contribution in [2.75, 3.05) is 11.9 Å². The van der Waals surface area contributed by atoms with Gasteiger partial charge in [-0.1, -0.05) is 27.5 Å². The van der Waals surface area contributed by atoms with Gasteiger partial charge in [0, 0.05) is 9.80 Å². The first kappa shape index (κ1) is 10.4. The molecule has 0 bridgehead atoms. The normalized spacial score (nSPS) is 9.92. The van der Waals surface area contributed by atoms with E-state index in [4.69, 9.17) is 16.3 Å². The summed E-state index contributed by atoms with van der Waals surface area (Å²) in [5.41, 5.74) is 0. The van der Waals surface area contributed by atoms with Gasteiger partial charge in [0.25, 0.3) is 0 Å². The van der Waals surface area contributed by atoms with Gasteiger partial charge in [0.15, 0.2) is 0 Å². The highest BCUT2D eigenvalue weighted by Crippen LogP contribution is 2.26. The molecule has 0 radical (unpaired) electrons. The lowest BCUT2D eigenvalue weighted by Gasteiger charge is -2.04. The molecule has 0 N–H and O–H groups in total. The molecule has 0 aliphatic rings. The van der Waals surface area contributed by atoms with Crippen molar-refractivity contribution >= 4 is 43.5 Å². The topological polar surface area (TPSA) is 9.23 Å². The van der Waals surface area contributed by atoms with Crippen molar-refractivity contribution in [3.63, 3.8) is 0 Å². The van der Waals surface area contributed by atoms with E-state index in [1.165, 1.54) is 0 Å². The number of halogens is 3. The van der Waals surface area contributed by atoms with Crippen molar-refractivity contribution in [1.82, 2.24) is 0 Å². The van der Waals surface area contributed by atoms with E-state index in [1.807, 2.05) is 12.1 Å². The molecule has 1 aromatic rings. The molecule has 4 heteroatoms. The van der Waals surface area contributed by atoms with Gasteiger partial charge in [-0.3, -0.25) is 0 Å². The van der Waals surface area contributed by atoms with Crippen LogP contribution in [-0.2, 0) is 0 Å². The highest BCUT2D eigenvalue weighted by molar-refractivity contribution is 9.10. The van der Waals surface area contributed by atoms with Crippen LogP contribution in [0.3, 0.4) is 0 Å². The zero-order valence-electron chi connectivity index (χ0n) is 6.19. The van der Waals surface area contributed by atoms with Gasteiger partial charge in [-0.2, -0.15) is 0 Å². The summed E-state index contributed by atoms with van der Waals surface area (Å²) < 4.78 is 6.22. The number of ether oxygens (including phenoxy) is 1. The van der Waals surface area contributed by atoms with E-state index in [1.54, 1.807) is 6.07 Å². The van der Waals surface area contributed by atoms with Gasteiger partial charge < -0.3 is 4.74 Å². The zero-order chi connectivity index (χ0) is 8.97. The number of alkyl halides is 1. The van der Waals surface area contributed by atoms with Crippen molar-refractivity contribution in [1.29, 1.82) is 0 Å². The molecule has 0 heterocycles. The van der Waals surface area contributed by atoms with Crippen molar-refractivity contribution in [3.8, 4) is 5.75 Å². The third-order valence-corrected chi connectivity index (χ3v) is 2.79. The number of hydrogen-bond donors (Lipinski definition) is 0. The third-order valence-electron chi connectivity index (χ3n) is 1.24. The van der Waals surface area contributed by atoms with Gasteiger partial charge in [-0.15, -0.1) is 0 Å². The van der Waals surface area contributed by atoms with Crippen molar-refractivity contribution in [2.24, 2.45) is 0 Å². The number of rotatable bonds is 3. The van der Waals surface area contributed by atoms with Gasteiger partial charge in [-0.05, 0) is 34.1 Å². The second kappa shape index (κ2) is 5.10. The highest BCUT2D eigenvalue weighted by atomic mass is 79.9. The molecule has 0 fully saturated rings. The second-order valence-electron chi connectivity index (χ2n) is 2.11. The van der Waals surface area contributed by atoms with Gasteiger partial charge in [-0.25, -0.2) is 0 Å². The summed E-state index contributed by atoms with van der Waals surface area (Å²) in [5.74, 6) is 0.794. The molecule has 0 saturated carbocycles. The fourth-order valence-corrected chi connectivity index (χ4v) is 1.30. The Hall–Kier alpha value is 0.270. The predicted octanol–water partition coefficient (Wildman–Crippen LogP) is 3.88. The molecule has 0 aliphatic heterocycles. The molecule has 1 nitrogen and oxygen atoms in total. The Morgan fingerprint density at radius 2 is 2.17 bits per heavy atom. The van der Waals surface area contributed by atoms with Crippen molar-refractivity contribution < 1.29 is 4.74 Å². The average molecular weight is 314 g/mol. The van der Waals surface area contributed by atoms with E-state index in [0.29, 0.717) is 11.6 Å². The molecule has 0 aromatic heterocycles. The maximum Gasteiger partial charge on any atom is 0.120 e. The number of benzene rings is 1. The van der Waals surface area contributed by atoms with Crippen LogP contribution in [0.5, 0.6) is 5.75 Å². The van der Waals surface area contributed by atoms with Crippen LogP contribution in [0.2, 0.25) is 5.02 Å². The highest BCUT2D eigenvalue weighted by Gasteiger charge is 1.98. The van der Waals surface area contributed by atoms with Crippen molar-refractivity contribution in [3.05, 3.63) is 27.7 Å². The minimum Gasteiger partial charge on any atom is -0.493 e. The molecule has 1 rings (SSSR count). The van der Waals surface area contributed by atoms with Crippen LogP contribution in [0, 0.1) is 0 Å². The Balaban J connectivity index is 2.69. The third kappa shape index (κ3) is 2.96. The van der Waals surface area contributed by atoms with Gasteiger partial charge >= 0.3 is 0 Å². The summed E-state index contributed by atoms with van der Waals surface area (Å²) >= 11 is 12.4. The molecule has 12 heavy (non-hydrogen) atoms. The average Bonchev–Trinajstić information content (AvgIpc) is 2.07. The van der Waals surface area contributed by atoms with E-state index >= 15 is 0 Å². The largest absolute Gasteiger partial charge is 0.493 e. The molecule has 0 unspecified atom stereocenters. The monoisotopic (exact) mass is 312 g/mol. The molecule has 0 amide bonds. The van der Waals surface area contributed by atoms with E-state index in [2.05, 4.69) is 31.9 Å². The fraction of sp³-hybridized carbons (Fsp3) is 0.250. The first-order valence-electron chi connectivity index (χ1n) is 3.38. The van der Waals surface area contributed by atoms with E-state index in [9.17, 15) is 0 Å². The summed E-state index contributed by atoms with van der Waals surface area (Å²) in [4.78, 5) is 0. The Kier molecular flexibility index (Phi) is 4.40. The zero-order valence-corrected chi connectivity index (χ0v) is 10.1. The minimum atomic E-state index is 0.651. The minimum absolute atomic E-state index is 0.651. The summed E-state index contributed by atoms with van der Waals surface area (Å²) in [6.07, 6.45) is 0. The van der Waals surface area contributed by atoms with Crippen LogP contribution in [0.15, 0.2) is 22.7 Å². The lowest BCUT2D eigenvalue weighted by molar-refractivity contribution is 0.345. The van der Waals surface area contributed by atoms with Gasteiger partial charge in [0.2, 0.25) is 0 Å². The van der Waals surface area contributed by atoms with Crippen molar-refractivity contribution in [2.45, 2.75) is 0 Å². The molecule has 0 atom stereocenters. The second-order valence-corrected chi connectivity index (χ2v) is 4.17. The Morgan fingerprint density at radius 3 is 2.75 bits per heavy atom. The molecule has 0 spiro atoms. The van der Waals surface area contributed by atoms with Crippen LogP contribution in [0.4, 0.5) is 0 Å². The first-order chi connectivity index (χ1) is 5.74. The molecular weight excluding hydrogens is 307 g/mol. The quantitative estimate of drug-likeness (QED) is 0.770. The predicted molar refractivity (Wildman–Crippen MR) is 58.4 cm³/mol. The van der Waals surface area contributed by atoms with Crippen LogP contribution < -0.4 is 4.74 Å². The molecule has 0 aliphatic carbocycles. The van der Waals surface area contributed by atoms with Gasteiger partial charge in [0.1, 0.15) is 5.75 Å². The smallest absolute Gasteiger partial charge is 0.120 e.